The summed E-state index contributed by atoms with van der Waals surface area (Å²) >= 11 is 0. The number of Topliss-reactive ketones (excluding diaryl/α,β-unsaturated/α-hetero) is 1. The predicted octanol–water partition coefficient (Wildman–Crippen LogP) is 4.66. The summed E-state index contributed by atoms with van der Waals surface area (Å²) in [6, 6.07) is 17.1. The Morgan fingerprint density at radius 2 is 1.78 bits per heavy atom. The average molecular weight is 433 g/mol. The summed E-state index contributed by atoms with van der Waals surface area (Å²) in [5, 5.41) is 11.5. The second-order valence-corrected chi connectivity index (χ2v) is 8.65. The monoisotopic (exact) mass is 432 g/mol. The molecule has 0 bridgehead atoms. The first-order valence-corrected chi connectivity index (χ1v) is 11.0. The lowest BCUT2D eigenvalue weighted by Crippen LogP contribution is -2.22. The van der Waals surface area contributed by atoms with Gasteiger partial charge in [-0.2, -0.15) is 0 Å². The summed E-state index contributed by atoms with van der Waals surface area (Å²) in [5.74, 6) is 1.17. The highest BCUT2D eigenvalue weighted by Gasteiger charge is 2.30. The maximum Gasteiger partial charge on any atom is 0.167 e. The Morgan fingerprint density at radius 3 is 2.28 bits per heavy atom. The van der Waals surface area contributed by atoms with Gasteiger partial charge in [-0.1, -0.05) is 24.3 Å². The second-order valence-electron chi connectivity index (χ2n) is 8.65. The lowest BCUT2D eigenvalue weighted by Gasteiger charge is -2.27. The molecular weight excluding hydrogens is 402 g/mol. The van der Waals surface area contributed by atoms with E-state index in [4.69, 9.17) is 9.47 Å². The fraction of sp³-hybridized carbons (Fsp3) is 0.370. The molecule has 1 aliphatic rings. The van der Waals surface area contributed by atoms with Gasteiger partial charge < -0.3 is 19.1 Å². The molecule has 32 heavy (non-hydrogen) atoms. The summed E-state index contributed by atoms with van der Waals surface area (Å²) < 4.78 is 13.0. The highest BCUT2D eigenvalue weighted by Crippen LogP contribution is 2.39. The highest BCUT2D eigenvalue weighted by atomic mass is 16.5. The number of aliphatic hydroxyl groups excluding tert-OH is 1. The largest absolute Gasteiger partial charge is 0.496 e. The first-order valence-electron chi connectivity index (χ1n) is 11.0. The Bertz CT molecular complexity index is 1020. The Morgan fingerprint density at radius 1 is 1.16 bits per heavy atom. The Balaban J connectivity index is 1.63. The number of aliphatic hydroxyl groups is 1. The van der Waals surface area contributed by atoms with Crippen molar-refractivity contribution in [2.45, 2.75) is 38.8 Å². The molecule has 0 unspecified atom stereocenters. The molecule has 1 heterocycles. The van der Waals surface area contributed by atoms with Gasteiger partial charge in [-0.25, -0.2) is 0 Å². The van der Waals surface area contributed by atoms with Crippen LogP contribution in [0.3, 0.4) is 0 Å². The zero-order valence-electron chi connectivity index (χ0n) is 18.9. The Kier molecular flexibility index (Phi) is 6.66. The summed E-state index contributed by atoms with van der Waals surface area (Å²) in [5.41, 5.74) is 3.91. The van der Waals surface area contributed by atoms with Gasteiger partial charge in [0.25, 0.3) is 0 Å². The number of ketones is 1. The molecule has 0 fully saturated rings. The fourth-order valence-electron chi connectivity index (χ4n) is 4.98. The normalized spacial score (nSPS) is 15.2. The number of benzene rings is 2. The highest BCUT2D eigenvalue weighted by molar-refractivity contribution is 5.99. The van der Waals surface area contributed by atoms with E-state index in [-0.39, 0.29) is 11.7 Å². The Hall–Kier alpha value is -3.05. The summed E-state index contributed by atoms with van der Waals surface area (Å²) in [7, 11) is 3.06. The molecule has 3 aromatic rings. The molecule has 2 aromatic carbocycles. The molecule has 1 aliphatic carbocycles. The number of aromatic nitrogens is 1. The lowest BCUT2D eigenvalue weighted by atomic mass is 9.85. The number of carbonyl (C=O) groups is 1. The number of hydrogen-bond donors (Lipinski definition) is 1. The fourth-order valence-corrected chi connectivity index (χ4v) is 4.98. The van der Waals surface area contributed by atoms with Gasteiger partial charge in [-0.05, 0) is 67.0 Å². The van der Waals surface area contributed by atoms with E-state index in [9.17, 15) is 9.90 Å². The zero-order valence-corrected chi connectivity index (χ0v) is 18.9. The van der Waals surface area contributed by atoms with E-state index in [0.717, 1.165) is 19.3 Å². The zero-order chi connectivity index (χ0) is 22.7. The van der Waals surface area contributed by atoms with Crippen molar-refractivity contribution >= 4 is 5.78 Å². The van der Waals surface area contributed by atoms with Crippen molar-refractivity contribution in [1.29, 1.82) is 0 Å². The van der Waals surface area contributed by atoms with Gasteiger partial charge in [-0.15, -0.1) is 0 Å². The van der Waals surface area contributed by atoms with Crippen molar-refractivity contribution in [1.82, 2.24) is 4.57 Å². The standard InChI is InChI=1S/C27H30NO4/c1-18(29)26-24(31-2)15-22(16-25(26)32-3)27(30)23(17-28-10-6-7-11-28)14-19-12-20-8-4-5-9-21(20)13-19/h4-6,8-11,15-16,19,23,27,30H,12-14,17H2,1-3H3/t23-,27-/m1/s1. The summed E-state index contributed by atoms with van der Waals surface area (Å²) in [4.78, 5) is 12.1. The van der Waals surface area contributed by atoms with Crippen LogP contribution in [0.2, 0.25) is 0 Å². The van der Waals surface area contributed by atoms with Crippen LogP contribution in [-0.4, -0.2) is 29.7 Å². The van der Waals surface area contributed by atoms with Crippen LogP contribution < -0.4 is 9.47 Å². The van der Waals surface area contributed by atoms with Crippen molar-refractivity contribution in [2.24, 2.45) is 11.8 Å². The smallest absolute Gasteiger partial charge is 0.167 e. The first-order chi connectivity index (χ1) is 15.5. The molecule has 0 amide bonds. The van der Waals surface area contributed by atoms with Crippen molar-refractivity contribution in [2.75, 3.05) is 14.2 Å². The Labute approximate surface area is 189 Å². The average Bonchev–Trinajstić information content (AvgIpc) is 3.46. The van der Waals surface area contributed by atoms with Crippen LogP contribution in [0.15, 0.2) is 54.9 Å². The first kappa shape index (κ1) is 22.2. The van der Waals surface area contributed by atoms with E-state index in [1.807, 2.05) is 18.5 Å². The number of methoxy groups -OCH3 is 2. The van der Waals surface area contributed by atoms with Gasteiger partial charge in [0.2, 0.25) is 0 Å². The number of fused-ring (bicyclic) bond motifs is 1. The minimum atomic E-state index is -0.732. The third-order valence-electron chi connectivity index (χ3n) is 6.49. The van der Waals surface area contributed by atoms with Crippen molar-refractivity contribution in [3.8, 4) is 11.5 Å². The van der Waals surface area contributed by atoms with E-state index in [1.54, 1.807) is 12.1 Å². The van der Waals surface area contributed by atoms with E-state index >= 15 is 0 Å². The van der Waals surface area contributed by atoms with Crippen molar-refractivity contribution in [3.63, 3.8) is 0 Å². The molecule has 1 aromatic heterocycles. The van der Waals surface area contributed by atoms with Gasteiger partial charge in [-0.3, -0.25) is 4.79 Å². The van der Waals surface area contributed by atoms with Crippen molar-refractivity contribution in [3.05, 3.63) is 83.2 Å². The third-order valence-corrected chi connectivity index (χ3v) is 6.49. The molecule has 4 rings (SSSR count). The second kappa shape index (κ2) is 9.61. The van der Waals surface area contributed by atoms with Crippen LogP contribution in [0.25, 0.3) is 0 Å². The van der Waals surface area contributed by atoms with Crippen LogP contribution in [0, 0.1) is 17.9 Å². The summed E-state index contributed by atoms with van der Waals surface area (Å²) in [6.45, 7) is 2.16. The van der Waals surface area contributed by atoms with E-state index in [1.165, 1.54) is 32.3 Å². The minimum Gasteiger partial charge on any atom is -0.496 e. The number of ether oxygens (including phenoxy) is 2. The predicted molar refractivity (Wildman–Crippen MR) is 123 cm³/mol. The number of nitrogens with zero attached hydrogens (tertiary/aromatic N) is 1. The maximum absolute atomic E-state index is 12.1. The molecule has 5 heteroatoms. The molecule has 167 valence electrons. The lowest BCUT2D eigenvalue weighted by molar-refractivity contribution is 0.0814. The van der Waals surface area contributed by atoms with Crippen molar-refractivity contribution < 1.29 is 19.4 Å². The van der Waals surface area contributed by atoms with Gasteiger partial charge in [0.05, 0.1) is 20.3 Å². The number of carbonyl (C=O) groups excluding carboxylic acids is 1. The number of rotatable bonds is 9. The van der Waals surface area contributed by atoms with Crippen LogP contribution in [0.5, 0.6) is 11.5 Å². The SMILES string of the molecule is COc1cc([C@@H](O)[C@H](CC2Cc3ccccc3C2)Cn2c[c]cc2)cc(OC)c1C(C)=O. The topological polar surface area (TPSA) is 60.7 Å². The molecule has 1 N–H and O–H groups in total. The molecular formula is C27H30NO4. The van der Waals surface area contributed by atoms with Gasteiger partial charge in [0.15, 0.2) is 5.78 Å². The van der Waals surface area contributed by atoms with E-state index in [0.29, 0.717) is 35.1 Å². The van der Waals surface area contributed by atoms with Crippen LogP contribution in [-0.2, 0) is 19.4 Å². The molecule has 0 saturated heterocycles. The molecule has 2 atom stereocenters. The van der Waals surface area contributed by atoms with Gasteiger partial charge in [0.1, 0.15) is 17.1 Å². The molecule has 1 radical (unpaired) electrons. The summed E-state index contributed by atoms with van der Waals surface area (Å²) in [6.07, 6.45) is 6.10. The van der Waals surface area contributed by atoms with E-state index < -0.39 is 6.10 Å². The van der Waals surface area contributed by atoms with Crippen LogP contribution in [0.4, 0.5) is 0 Å². The molecule has 0 spiro atoms. The quantitative estimate of drug-likeness (QED) is 0.500. The third kappa shape index (κ3) is 4.58. The number of hydrogen-bond acceptors (Lipinski definition) is 4. The maximum atomic E-state index is 12.1. The van der Waals surface area contributed by atoms with Gasteiger partial charge in [0, 0.05) is 30.9 Å². The van der Waals surface area contributed by atoms with Crippen LogP contribution in [0.1, 0.15) is 46.5 Å². The van der Waals surface area contributed by atoms with Crippen LogP contribution >= 0.6 is 0 Å². The van der Waals surface area contributed by atoms with E-state index in [2.05, 4.69) is 34.9 Å². The molecule has 5 nitrogen and oxygen atoms in total. The molecule has 0 aliphatic heterocycles. The minimum absolute atomic E-state index is 0.0206. The van der Waals surface area contributed by atoms with Gasteiger partial charge >= 0.3 is 0 Å². The molecule has 0 saturated carbocycles.